The van der Waals surface area contributed by atoms with Gasteiger partial charge in [-0.25, -0.2) is 9.97 Å². The third kappa shape index (κ3) is 16.5. The van der Waals surface area contributed by atoms with Crippen LogP contribution in [0.15, 0.2) is 120 Å². The summed E-state index contributed by atoms with van der Waals surface area (Å²) in [5, 5.41) is 9.07. The number of rotatable bonds is 31. The van der Waals surface area contributed by atoms with Gasteiger partial charge in [-0.1, -0.05) is 50.7 Å². The second-order valence-electron chi connectivity index (χ2n) is 20.9. The lowest BCUT2D eigenvalue weighted by molar-refractivity contribution is -0.151. The van der Waals surface area contributed by atoms with E-state index in [9.17, 15) is 9.59 Å². The third-order valence-corrected chi connectivity index (χ3v) is 17.1. The van der Waals surface area contributed by atoms with Crippen molar-refractivity contribution in [3.8, 4) is 23.3 Å². The van der Waals surface area contributed by atoms with E-state index in [-0.39, 0.29) is 25.5 Å². The van der Waals surface area contributed by atoms with E-state index in [1.54, 1.807) is 12.1 Å². The van der Waals surface area contributed by atoms with Crippen LogP contribution in [0.3, 0.4) is 0 Å². The van der Waals surface area contributed by atoms with Crippen molar-refractivity contribution in [3.05, 3.63) is 120 Å². The number of aromatic nitrogens is 2. The molecule has 14 nitrogen and oxygen atoms in total. The zero-order valence-corrected chi connectivity index (χ0v) is 47.7. The maximum atomic E-state index is 12.4. The monoisotopic (exact) mass is 1120 g/mol. The van der Waals surface area contributed by atoms with Gasteiger partial charge in [0, 0.05) is 132 Å². The molecule has 4 aromatic heterocycles. The van der Waals surface area contributed by atoms with E-state index < -0.39 is 0 Å². The lowest BCUT2D eigenvalue weighted by Crippen LogP contribution is -2.46. The van der Waals surface area contributed by atoms with Crippen molar-refractivity contribution < 1.29 is 38.0 Å². The Hall–Kier alpha value is -6.72. The molecule has 8 aromatic rings. The van der Waals surface area contributed by atoms with Crippen molar-refractivity contribution in [3.63, 3.8) is 0 Å². The van der Waals surface area contributed by atoms with Crippen molar-refractivity contribution in [2.75, 3.05) is 102 Å². The summed E-state index contributed by atoms with van der Waals surface area (Å²) in [7, 11) is 0. The molecule has 2 aliphatic heterocycles. The normalized spacial score (nSPS) is 14.3. The Bertz CT molecular complexity index is 3010. The summed E-state index contributed by atoms with van der Waals surface area (Å²) in [4.78, 5) is 44.3. The minimum absolute atomic E-state index is 0.178. The molecule has 0 N–H and O–H groups in total. The van der Waals surface area contributed by atoms with Crippen LogP contribution in [0, 0.1) is 0 Å². The van der Waals surface area contributed by atoms with Gasteiger partial charge in [-0.15, -0.1) is 22.7 Å². The van der Waals surface area contributed by atoms with Crippen molar-refractivity contribution in [1.29, 1.82) is 0 Å². The Balaban J connectivity index is 0.507. The number of carbonyl (C=O) groups is 2. The molecule has 2 saturated heterocycles. The van der Waals surface area contributed by atoms with Crippen molar-refractivity contribution in [2.45, 2.75) is 89.9 Å². The van der Waals surface area contributed by atoms with Crippen molar-refractivity contribution in [2.24, 2.45) is 0 Å². The highest BCUT2D eigenvalue weighted by molar-refractivity contribution is 7.17. The molecule has 2 aliphatic rings. The predicted octanol–water partition coefficient (Wildman–Crippen LogP) is 13.5. The lowest BCUT2D eigenvalue weighted by atomic mass is 10.1. The Kier molecular flexibility index (Phi) is 21.0. The molecule has 0 spiro atoms. The lowest BCUT2D eigenvalue weighted by Gasteiger charge is -2.36. The first kappa shape index (κ1) is 56.6. The SMILES string of the molecule is O=C(CCCCCCCCCCC(=O)OCOc1ccc2ccc(OCCCCN3CCN(c4cccc5sccc45)CC3)cc2n1)OCOc1ccc2ccc(OCCCCN3CCN(c4cccc5sccc45)CC3)cc2n1. The van der Waals surface area contributed by atoms with E-state index in [2.05, 4.69) is 88.9 Å². The summed E-state index contributed by atoms with van der Waals surface area (Å²) in [5.41, 5.74) is 4.26. The van der Waals surface area contributed by atoms with E-state index in [0.29, 0.717) is 37.8 Å². The molecular weight excluding hydrogens is 1040 g/mol. The van der Waals surface area contributed by atoms with Gasteiger partial charge in [0.05, 0.1) is 24.2 Å². The number of unbranched alkanes of at least 4 members (excludes halogenated alkanes) is 9. The number of hydrogen-bond acceptors (Lipinski definition) is 16. The van der Waals surface area contributed by atoms with Crippen molar-refractivity contribution in [1.82, 2.24) is 19.8 Å². The molecule has 4 aromatic carbocycles. The third-order valence-electron chi connectivity index (χ3n) is 15.3. The van der Waals surface area contributed by atoms with E-state index in [1.807, 2.05) is 71.2 Å². The van der Waals surface area contributed by atoms with Crippen LogP contribution in [0.25, 0.3) is 42.0 Å². The smallest absolute Gasteiger partial charge is 0.308 e. The molecule has 0 bridgehead atoms. The highest BCUT2D eigenvalue weighted by atomic mass is 32.1. The first-order valence-corrected chi connectivity index (χ1v) is 30.7. The van der Waals surface area contributed by atoms with Crippen LogP contribution in [0.4, 0.5) is 11.4 Å². The Morgan fingerprint density at radius 3 is 1.31 bits per heavy atom. The number of benzene rings is 4. The molecular formula is C64H76N6O8S2. The number of ether oxygens (including phenoxy) is 6. The molecule has 422 valence electrons. The summed E-state index contributed by atoms with van der Waals surface area (Å²) in [6, 6.07) is 37.1. The zero-order chi connectivity index (χ0) is 54.6. The van der Waals surface area contributed by atoms with Gasteiger partial charge in [0.15, 0.2) is 0 Å². The quantitative estimate of drug-likeness (QED) is 0.0232. The van der Waals surface area contributed by atoms with Crippen LogP contribution in [-0.2, 0) is 19.1 Å². The number of esters is 2. The number of nitrogens with zero attached hydrogens (tertiary/aromatic N) is 6. The number of hydrogen-bond donors (Lipinski definition) is 0. The maximum Gasteiger partial charge on any atom is 0.308 e. The van der Waals surface area contributed by atoms with Crippen LogP contribution in [0.5, 0.6) is 23.3 Å². The fourth-order valence-corrected chi connectivity index (χ4v) is 12.4. The van der Waals surface area contributed by atoms with Gasteiger partial charge in [0.1, 0.15) is 11.5 Å². The Morgan fingerprint density at radius 1 is 0.438 bits per heavy atom. The number of piperazine rings is 2. The highest BCUT2D eigenvalue weighted by Gasteiger charge is 2.21. The molecule has 10 rings (SSSR count). The largest absolute Gasteiger partial charge is 0.494 e. The number of anilines is 2. The Morgan fingerprint density at radius 2 is 0.863 bits per heavy atom. The molecule has 0 radical (unpaired) electrons. The Labute approximate surface area is 478 Å². The molecule has 16 heteroatoms. The van der Waals surface area contributed by atoms with Crippen LogP contribution in [0.2, 0.25) is 0 Å². The summed E-state index contributed by atoms with van der Waals surface area (Å²) in [6.45, 7) is 11.6. The molecule has 0 aliphatic carbocycles. The van der Waals surface area contributed by atoms with E-state index in [0.717, 1.165) is 176 Å². The maximum absolute atomic E-state index is 12.4. The van der Waals surface area contributed by atoms with E-state index in [1.165, 1.54) is 31.5 Å². The first-order valence-electron chi connectivity index (χ1n) is 29.0. The fraction of sp³-hybridized carbons (Fsp3) is 0.438. The van der Waals surface area contributed by atoms with Gasteiger partial charge < -0.3 is 38.2 Å². The van der Waals surface area contributed by atoms with Gasteiger partial charge >= 0.3 is 11.9 Å². The summed E-state index contributed by atoms with van der Waals surface area (Å²) < 4.78 is 37.0. The van der Waals surface area contributed by atoms with Gasteiger partial charge in [0.2, 0.25) is 25.3 Å². The van der Waals surface area contributed by atoms with Gasteiger partial charge in [0.25, 0.3) is 0 Å². The molecule has 0 saturated carbocycles. The molecule has 2 fully saturated rings. The minimum atomic E-state index is -0.276. The number of pyridine rings is 2. The van der Waals surface area contributed by atoms with Crippen molar-refractivity contribution >= 4 is 88.0 Å². The van der Waals surface area contributed by atoms with Crippen LogP contribution < -0.4 is 28.7 Å². The number of carbonyl (C=O) groups excluding carboxylic acids is 2. The second-order valence-corrected chi connectivity index (χ2v) is 22.8. The predicted molar refractivity (Wildman–Crippen MR) is 323 cm³/mol. The first-order chi connectivity index (χ1) is 39.5. The molecule has 0 unspecified atom stereocenters. The average Bonchev–Trinajstić information content (AvgIpc) is 4.28. The second kappa shape index (κ2) is 29.7. The molecule has 80 heavy (non-hydrogen) atoms. The van der Waals surface area contributed by atoms with Crippen LogP contribution in [-0.4, -0.2) is 124 Å². The summed E-state index contributed by atoms with van der Waals surface area (Å²) in [6.07, 6.45) is 12.6. The summed E-state index contributed by atoms with van der Waals surface area (Å²) >= 11 is 3.62. The van der Waals surface area contributed by atoms with Gasteiger partial charge in [-0.3, -0.25) is 19.4 Å². The van der Waals surface area contributed by atoms with E-state index in [4.69, 9.17) is 28.4 Å². The average molecular weight is 1120 g/mol. The molecule has 0 amide bonds. The zero-order valence-electron chi connectivity index (χ0n) is 46.1. The topological polar surface area (TPSA) is 128 Å². The number of fused-ring (bicyclic) bond motifs is 4. The fourth-order valence-electron chi connectivity index (χ4n) is 10.7. The standard InChI is InChI=1S/C64H76N6O8S2/c71-63(77-47-75-61-27-23-49-21-25-51(45-55(49)65-61)73-41-11-9-31-67-33-37-69(38-34-67)57-15-13-17-59-53(57)29-43-79-59)19-7-5-3-1-2-4-6-8-20-64(72)78-48-76-62-28-24-50-22-26-52(46-56(50)66-62)74-42-12-10-32-68-35-39-70(40-36-68)58-16-14-18-60-54(58)30-44-80-60/h13-18,21-30,43-46H,1-12,19-20,31-42,47-48H2. The minimum Gasteiger partial charge on any atom is -0.494 e. The van der Waals surface area contributed by atoms with Gasteiger partial charge in [-0.2, -0.15) is 0 Å². The molecule has 0 atom stereocenters. The van der Waals surface area contributed by atoms with Gasteiger partial charge in [-0.05, 0) is 135 Å². The molecule has 6 heterocycles. The summed E-state index contributed by atoms with van der Waals surface area (Å²) in [5.74, 6) is 1.81. The number of thiophene rings is 2. The van der Waals surface area contributed by atoms with Crippen LogP contribution >= 0.6 is 22.7 Å². The highest BCUT2D eigenvalue weighted by Crippen LogP contribution is 2.33. The van der Waals surface area contributed by atoms with E-state index >= 15 is 0 Å². The van der Waals surface area contributed by atoms with Crippen LogP contribution in [0.1, 0.15) is 89.9 Å².